The van der Waals surface area contributed by atoms with Gasteiger partial charge in [-0.05, 0) is 6.42 Å². The van der Waals surface area contributed by atoms with Crippen molar-refractivity contribution in [3.05, 3.63) is 37.5 Å². The van der Waals surface area contributed by atoms with Gasteiger partial charge in [0.15, 0.2) is 0 Å². The smallest absolute Gasteiger partial charge is 0.410 e. The molecular weight excluding hydrogens is 316 g/mol. The van der Waals surface area contributed by atoms with Crippen molar-refractivity contribution >= 4 is 24.8 Å². The Morgan fingerprint density at radius 1 is 1.30 bits per heavy atom. The van der Waals surface area contributed by atoms with Gasteiger partial charge in [-0.25, -0.2) is 9.59 Å². The summed E-state index contributed by atoms with van der Waals surface area (Å²) in [6.45, 7) is 8.29. The van der Waals surface area contributed by atoms with Gasteiger partial charge in [0.25, 0.3) is 0 Å². The van der Waals surface area contributed by atoms with Crippen LogP contribution in [0.3, 0.4) is 0 Å². The third-order valence-corrected chi connectivity index (χ3v) is 3.63. The molecule has 2 atom stereocenters. The van der Waals surface area contributed by atoms with Gasteiger partial charge in [0.1, 0.15) is 13.2 Å². The maximum absolute atomic E-state index is 12.0. The molecule has 7 heteroatoms. The number of carbonyl (C=O) groups is 2. The monoisotopic (exact) mass is 340 g/mol. The second kappa shape index (κ2) is 9.99. The molecule has 0 N–H and O–H groups in total. The van der Waals surface area contributed by atoms with Gasteiger partial charge in [-0.3, -0.25) is 0 Å². The van der Waals surface area contributed by atoms with Crippen LogP contribution in [0.1, 0.15) is 6.42 Å². The highest BCUT2D eigenvalue weighted by Gasteiger charge is 2.32. The van der Waals surface area contributed by atoms with Gasteiger partial charge in [-0.2, -0.15) is 12.6 Å². The Hall–Kier alpha value is -1.89. The molecule has 0 aliphatic carbocycles. The first kappa shape index (κ1) is 19.2. The molecule has 0 aromatic rings. The average molecular weight is 340 g/mol. The van der Waals surface area contributed by atoms with Gasteiger partial charge in [0, 0.05) is 25.4 Å². The predicted molar refractivity (Wildman–Crippen MR) is 92.7 cm³/mol. The molecule has 1 heterocycles. The zero-order valence-electron chi connectivity index (χ0n) is 13.4. The Labute approximate surface area is 142 Å². The van der Waals surface area contributed by atoms with Gasteiger partial charge >= 0.3 is 12.2 Å². The number of rotatable bonds is 7. The number of thiol groups is 1. The summed E-state index contributed by atoms with van der Waals surface area (Å²) < 4.78 is 10.00. The zero-order chi connectivity index (χ0) is 17.2. The van der Waals surface area contributed by atoms with Crippen LogP contribution in [0.15, 0.2) is 37.5 Å². The minimum Gasteiger partial charge on any atom is -0.445 e. The number of ether oxygens (including phenoxy) is 2. The van der Waals surface area contributed by atoms with E-state index in [-0.39, 0.29) is 30.6 Å². The lowest BCUT2D eigenvalue weighted by atomic mass is 10.2. The molecule has 1 saturated heterocycles. The summed E-state index contributed by atoms with van der Waals surface area (Å²) in [7, 11) is 1.64. The predicted octanol–water partition coefficient (Wildman–Crippen LogP) is 2.49. The Morgan fingerprint density at radius 3 is 2.61 bits per heavy atom. The second-order valence-electron chi connectivity index (χ2n) is 5.15. The van der Waals surface area contributed by atoms with Gasteiger partial charge in [-0.1, -0.05) is 37.5 Å². The topological polar surface area (TPSA) is 59.1 Å². The first-order valence-electron chi connectivity index (χ1n) is 7.37. The molecule has 0 aromatic carbocycles. The van der Waals surface area contributed by atoms with Crippen molar-refractivity contribution < 1.29 is 19.1 Å². The fraction of sp³-hybridized carbons (Fsp3) is 0.500. The lowest BCUT2D eigenvalue weighted by Crippen LogP contribution is -2.35. The highest BCUT2D eigenvalue weighted by molar-refractivity contribution is 7.81. The number of likely N-dealkylation sites (N-methyl/N-ethyl adjacent to an activating group) is 1. The quantitative estimate of drug-likeness (QED) is 0.571. The van der Waals surface area contributed by atoms with Crippen LogP contribution >= 0.6 is 12.6 Å². The first-order chi connectivity index (χ1) is 11.0. The molecule has 0 radical (unpaired) electrons. The lowest BCUT2D eigenvalue weighted by Gasteiger charge is -2.21. The maximum Gasteiger partial charge on any atom is 0.410 e. The van der Waals surface area contributed by atoms with E-state index in [1.807, 2.05) is 12.2 Å². The van der Waals surface area contributed by atoms with Gasteiger partial charge < -0.3 is 19.3 Å². The minimum atomic E-state index is -0.421. The minimum absolute atomic E-state index is 0.0904. The third kappa shape index (κ3) is 6.40. The SMILES string of the molecule is C=CCOC(=O)N(C)C/C=C/[C@@H]1C[C@H](S)CN1C(=O)OCC=C. The van der Waals surface area contributed by atoms with Crippen LogP contribution < -0.4 is 0 Å². The van der Waals surface area contributed by atoms with Gasteiger partial charge in [-0.15, -0.1) is 0 Å². The molecule has 1 rings (SSSR count). The van der Waals surface area contributed by atoms with E-state index in [1.54, 1.807) is 11.9 Å². The molecular formula is C16H24N2O4S. The summed E-state index contributed by atoms with van der Waals surface area (Å²) in [5.41, 5.74) is 0. The average Bonchev–Trinajstić information content (AvgIpc) is 2.90. The normalized spacial score (nSPS) is 20.3. The van der Waals surface area contributed by atoms with Crippen LogP contribution in [0, 0.1) is 0 Å². The fourth-order valence-corrected chi connectivity index (χ4v) is 2.53. The molecule has 1 aliphatic rings. The van der Waals surface area contributed by atoms with Crippen molar-refractivity contribution in [1.29, 1.82) is 0 Å². The largest absolute Gasteiger partial charge is 0.445 e. The second-order valence-corrected chi connectivity index (χ2v) is 5.88. The molecule has 0 bridgehead atoms. The highest BCUT2D eigenvalue weighted by atomic mass is 32.1. The molecule has 6 nitrogen and oxygen atoms in total. The van der Waals surface area contributed by atoms with Crippen LogP contribution in [0.2, 0.25) is 0 Å². The molecule has 0 spiro atoms. The number of carbonyl (C=O) groups excluding carboxylic acids is 2. The molecule has 128 valence electrons. The Balaban J connectivity index is 2.52. The van der Waals surface area contributed by atoms with Crippen LogP contribution in [-0.4, -0.2) is 66.6 Å². The van der Waals surface area contributed by atoms with Crippen molar-refractivity contribution in [3.8, 4) is 0 Å². The Morgan fingerprint density at radius 2 is 1.96 bits per heavy atom. The fourth-order valence-electron chi connectivity index (χ4n) is 2.14. The van der Waals surface area contributed by atoms with Crippen molar-refractivity contribution in [1.82, 2.24) is 9.80 Å². The number of nitrogens with zero attached hydrogens (tertiary/aromatic N) is 2. The molecule has 2 amide bonds. The van der Waals surface area contributed by atoms with E-state index in [1.165, 1.54) is 17.1 Å². The van der Waals surface area contributed by atoms with Crippen LogP contribution in [0.4, 0.5) is 9.59 Å². The number of hydrogen-bond acceptors (Lipinski definition) is 5. The van der Waals surface area contributed by atoms with E-state index in [0.717, 1.165) is 6.42 Å². The molecule has 0 unspecified atom stereocenters. The highest BCUT2D eigenvalue weighted by Crippen LogP contribution is 2.23. The summed E-state index contributed by atoms with van der Waals surface area (Å²) in [4.78, 5) is 26.6. The van der Waals surface area contributed by atoms with E-state index in [2.05, 4.69) is 25.8 Å². The number of hydrogen-bond donors (Lipinski definition) is 1. The van der Waals surface area contributed by atoms with Crippen molar-refractivity contribution in [2.45, 2.75) is 17.7 Å². The number of likely N-dealkylation sites (tertiary alicyclic amines) is 1. The van der Waals surface area contributed by atoms with Crippen LogP contribution in [0.5, 0.6) is 0 Å². The molecule has 23 heavy (non-hydrogen) atoms. The first-order valence-corrected chi connectivity index (χ1v) is 7.89. The van der Waals surface area contributed by atoms with E-state index in [4.69, 9.17) is 9.47 Å². The standard InChI is InChI=1S/C16H24N2O4S/c1-4-9-21-15(19)17(3)8-6-7-13-11-14(23)12-18(13)16(20)22-10-5-2/h4-7,13-14,23H,1-2,8-12H2,3H3/b7-6+/t13-,14+/m1/s1. The van der Waals surface area contributed by atoms with E-state index < -0.39 is 6.09 Å². The zero-order valence-corrected chi connectivity index (χ0v) is 14.3. The Bertz CT molecular complexity index is 467. The van der Waals surface area contributed by atoms with Crippen LogP contribution in [0.25, 0.3) is 0 Å². The molecule has 0 saturated carbocycles. The van der Waals surface area contributed by atoms with Crippen LogP contribution in [-0.2, 0) is 9.47 Å². The summed E-state index contributed by atoms with van der Waals surface area (Å²) >= 11 is 4.43. The summed E-state index contributed by atoms with van der Waals surface area (Å²) in [5, 5.41) is 0.108. The summed E-state index contributed by atoms with van der Waals surface area (Å²) in [6, 6.07) is -0.0904. The van der Waals surface area contributed by atoms with Crippen molar-refractivity contribution in [2.75, 3.05) is 33.4 Å². The van der Waals surface area contributed by atoms with E-state index >= 15 is 0 Å². The van der Waals surface area contributed by atoms with Gasteiger partial charge in [0.05, 0.1) is 6.04 Å². The van der Waals surface area contributed by atoms with Gasteiger partial charge in [0.2, 0.25) is 0 Å². The van der Waals surface area contributed by atoms with Crippen molar-refractivity contribution in [2.24, 2.45) is 0 Å². The van der Waals surface area contributed by atoms with E-state index in [9.17, 15) is 9.59 Å². The molecule has 0 aromatic heterocycles. The van der Waals surface area contributed by atoms with Crippen molar-refractivity contribution in [3.63, 3.8) is 0 Å². The summed E-state index contributed by atoms with van der Waals surface area (Å²) in [5.74, 6) is 0. The lowest BCUT2D eigenvalue weighted by molar-refractivity contribution is 0.113. The van der Waals surface area contributed by atoms with E-state index in [0.29, 0.717) is 13.1 Å². The molecule has 1 fully saturated rings. The third-order valence-electron chi connectivity index (χ3n) is 3.25. The number of amides is 2. The Kier molecular flexibility index (Phi) is 8.32. The molecule has 1 aliphatic heterocycles. The summed E-state index contributed by atoms with van der Waals surface area (Å²) in [6.07, 6.45) is 6.71. The maximum atomic E-state index is 12.0.